The normalized spacial score (nSPS) is 11.2. The molecule has 1 aromatic heterocycles. The van der Waals surface area contributed by atoms with Gasteiger partial charge in [-0.15, -0.1) is 10.2 Å². The Kier molecular flexibility index (Phi) is 6.39. The van der Waals surface area contributed by atoms with Crippen molar-refractivity contribution >= 4 is 38.9 Å². The Morgan fingerprint density at radius 3 is 2.39 bits per heavy atom. The molecular weight excluding hydrogens is 421 g/mol. The van der Waals surface area contributed by atoms with Crippen LogP contribution in [0.25, 0.3) is 11.3 Å². The number of nitrogens with zero attached hydrogens (tertiary/aromatic N) is 2. The highest BCUT2D eigenvalue weighted by Gasteiger charge is 2.18. The first-order valence-electron chi connectivity index (χ1n) is 8.44. The van der Waals surface area contributed by atoms with Gasteiger partial charge in [-0.2, -0.15) is 0 Å². The van der Waals surface area contributed by atoms with Crippen LogP contribution in [0.3, 0.4) is 0 Å². The molecule has 0 saturated carbocycles. The van der Waals surface area contributed by atoms with E-state index in [9.17, 15) is 8.42 Å². The number of nitrogens with one attached hydrogen (secondary N) is 1. The topological polar surface area (TPSA) is 81.2 Å². The number of halogens is 2. The Morgan fingerprint density at radius 1 is 1.00 bits per heavy atom. The van der Waals surface area contributed by atoms with Crippen LogP contribution in [0.2, 0.25) is 10.0 Å². The zero-order valence-electron chi connectivity index (χ0n) is 14.9. The molecule has 9 heteroatoms. The van der Waals surface area contributed by atoms with E-state index in [0.717, 1.165) is 12.0 Å². The zero-order valence-corrected chi connectivity index (χ0v) is 17.2. The number of ether oxygens (including phenoxy) is 1. The molecule has 3 rings (SSSR count). The van der Waals surface area contributed by atoms with Crippen molar-refractivity contribution in [2.24, 2.45) is 0 Å². The van der Waals surface area contributed by atoms with Crippen LogP contribution in [0.15, 0.2) is 59.5 Å². The third-order valence-electron chi connectivity index (χ3n) is 3.71. The molecule has 0 radical (unpaired) electrons. The van der Waals surface area contributed by atoms with Crippen molar-refractivity contribution in [2.45, 2.75) is 18.2 Å². The molecule has 0 aliphatic rings. The Labute approximate surface area is 173 Å². The van der Waals surface area contributed by atoms with Crippen LogP contribution >= 0.6 is 23.2 Å². The van der Waals surface area contributed by atoms with Crippen LogP contribution in [0.1, 0.15) is 13.3 Å². The van der Waals surface area contributed by atoms with E-state index in [1.165, 1.54) is 18.2 Å². The van der Waals surface area contributed by atoms with Crippen LogP contribution in [-0.4, -0.2) is 25.2 Å². The molecule has 0 aliphatic heterocycles. The third kappa shape index (κ3) is 4.92. The van der Waals surface area contributed by atoms with Gasteiger partial charge in [0, 0.05) is 22.3 Å². The van der Waals surface area contributed by atoms with E-state index in [-0.39, 0.29) is 14.9 Å². The largest absolute Gasteiger partial charge is 0.477 e. The smallest absolute Gasteiger partial charge is 0.263 e. The quantitative estimate of drug-likeness (QED) is 0.559. The Bertz CT molecular complexity index is 1060. The van der Waals surface area contributed by atoms with Gasteiger partial charge in [0.05, 0.1) is 17.3 Å². The van der Waals surface area contributed by atoms with E-state index in [1.807, 2.05) is 6.92 Å². The van der Waals surface area contributed by atoms with Gasteiger partial charge in [0.15, 0.2) is 0 Å². The van der Waals surface area contributed by atoms with Crippen molar-refractivity contribution in [2.75, 3.05) is 11.3 Å². The lowest BCUT2D eigenvalue weighted by Gasteiger charge is -2.10. The standard InChI is InChI=1S/C19H17Cl2N3O3S/c1-2-11-27-19-10-9-17(22-23-19)13-3-6-15(7-4-13)24-28(25,26)18-12-14(20)5-8-16(18)21/h3-10,12,24H,2,11H2,1H3. The fraction of sp³-hybridized carbons (Fsp3) is 0.158. The van der Waals surface area contributed by atoms with Crippen LogP contribution < -0.4 is 9.46 Å². The number of sulfonamides is 1. The van der Waals surface area contributed by atoms with E-state index in [2.05, 4.69) is 14.9 Å². The summed E-state index contributed by atoms with van der Waals surface area (Å²) >= 11 is 11.9. The molecular formula is C19H17Cl2N3O3S. The minimum Gasteiger partial charge on any atom is -0.477 e. The molecule has 0 spiro atoms. The molecule has 1 N–H and O–H groups in total. The molecule has 0 amide bonds. The van der Waals surface area contributed by atoms with Crippen molar-refractivity contribution in [3.05, 3.63) is 64.6 Å². The van der Waals surface area contributed by atoms with E-state index in [1.54, 1.807) is 36.4 Å². The number of anilines is 1. The maximum Gasteiger partial charge on any atom is 0.263 e. The summed E-state index contributed by atoms with van der Waals surface area (Å²) < 4.78 is 33.0. The van der Waals surface area contributed by atoms with Gasteiger partial charge in [-0.1, -0.05) is 42.3 Å². The second kappa shape index (κ2) is 8.77. The second-order valence-electron chi connectivity index (χ2n) is 5.86. The summed E-state index contributed by atoms with van der Waals surface area (Å²) in [5.41, 5.74) is 1.82. The first-order chi connectivity index (χ1) is 13.4. The lowest BCUT2D eigenvalue weighted by Crippen LogP contribution is -2.13. The number of aromatic nitrogens is 2. The molecule has 0 aliphatic carbocycles. The van der Waals surface area contributed by atoms with E-state index in [0.29, 0.717) is 23.9 Å². The van der Waals surface area contributed by atoms with Gasteiger partial charge >= 0.3 is 0 Å². The fourth-order valence-electron chi connectivity index (χ4n) is 2.36. The maximum absolute atomic E-state index is 12.6. The third-order valence-corrected chi connectivity index (χ3v) is 5.81. The Hall–Kier alpha value is -2.35. The highest BCUT2D eigenvalue weighted by atomic mass is 35.5. The van der Waals surface area contributed by atoms with Gasteiger partial charge in [0.25, 0.3) is 10.0 Å². The van der Waals surface area contributed by atoms with Crippen molar-refractivity contribution in [1.29, 1.82) is 0 Å². The molecule has 1 heterocycles. The minimum atomic E-state index is -3.87. The molecule has 3 aromatic rings. The lowest BCUT2D eigenvalue weighted by molar-refractivity contribution is 0.302. The Balaban J connectivity index is 1.76. The summed E-state index contributed by atoms with van der Waals surface area (Å²) in [6.45, 7) is 2.59. The molecule has 0 saturated heterocycles. The van der Waals surface area contributed by atoms with Crippen LogP contribution in [0.5, 0.6) is 5.88 Å². The van der Waals surface area contributed by atoms with Gasteiger partial charge in [0.1, 0.15) is 4.90 Å². The van der Waals surface area contributed by atoms with Gasteiger partial charge in [-0.05, 0) is 42.8 Å². The maximum atomic E-state index is 12.6. The van der Waals surface area contributed by atoms with Gasteiger partial charge in [0.2, 0.25) is 5.88 Å². The molecule has 0 fully saturated rings. The van der Waals surface area contributed by atoms with E-state index < -0.39 is 10.0 Å². The minimum absolute atomic E-state index is 0.0840. The van der Waals surface area contributed by atoms with E-state index >= 15 is 0 Å². The number of rotatable bonds is 7. The predicted octanol–water partition coefficient (Wildman–Crippen LogP) is 5.04. The van der Waals surface area contributed by atoms with E-state index in [4.69, 9.17) is 27.9 Å². The average molecular weight is 438 g/mol. The number of hydrogen-bond donors (Lipinski definition) is 1. The summed E-state index contributed by atoms with van der Waals surface area (Å²) in [6.07, 6.45) is 0.890. The SMILES string of the molecule is CCCOc1ccc(-c2ccc(NS(=O)(=O)c3cc(Cl)ccc3Cl)cc2)nn1. The lowest BCUT2D eigenvalue weighted by atomic mass is 10.1. The van der Waals surface area contributed by atoms with Crippen LogP contribution in [0, 0.1) is 0 Å². The summed E-state index contributed by atoms with van der Waals surface area (Å²) in [6, 6.07) is 14.6. The summed E-state index contributed by atoms with van der Waals surface area (Å²) in [4.78, 5) is -0.0840. The zero-order chi connectivity index (χ0) is 20.1. The van der Waals surface area contributed by atoms with Crippen molar-refractivity contribution in [3.63, 3.8) is 0 Å². The summed E-state index contributed by atoms with van der Waals surface area (Å²) in [5.74, 6) is 0.466. The molecule has 0 unspecified atom stereocenters. The van der Waals surface area contributed by atoms with Crippen molar-refractivity contribution in [1.82, 2.24) is 10.2 Å². The molecule has 2 aromatic carbocycles. The highest BCUT2D eigenvalue weighted by molar-refractivity contribution is 7.92. The molecule has 28 heavy (non-hydrogen) atoms. The molecule has 6 nitrogen and oxygen atoms in total. The summed E-state index contributed by atoms with van der Waals surface area (Å²) in [5, 5.41) is 8.52. The Morgan fingerprint density at radius 2 is 1.75 bits per heavy atom. The van der Waals surface area contributed by atoms with Gasteiger partial charge in [-0.25, -0.2) is 8.42 Å². The number of benzene rings is 2. The summed E-state index contributed by atoms with van der Waals surface area (Å²) in [7, 11) is -3.87. The van der Waals surface area contributed by atoms with Crippen molar-refractivity contribution < 1.29 is 13.2 Å². The average Bonchev–Trinajstić information content (AvgIpc) is 2.69. The molecule has 146 valence electrons. The highest BCUT2D eigenvalue weighted by Crippen LogP contribution is 2.27. The number of hydrogen-bond acceptors (Lipinski definition) is 5. The van der Waals surface area contributed by atoms with Crippen LogP contribution in [0.4, 0.5) is 5.69 Å². The molecule has 0 atom stereocenters. The van der Waals surface area contributed by atoms with Gasteiger partial charge in [-0.3, -0.25) is 4.72 Å². The van der Waals surface area contributed by atoms with Crippen LogP contribution in [-0.2, 0) is 10.0 Å². The first kappa shape index (κ1) is 20.4. The molecule has 0 bridgehead atoms. The monoisotopic (exact) mass is 437 g/mol. The fourth-order valence-corrected chi connectivity index (χ4v) is 4.18. The van der Waals surface area contributed by atoms with Crippen molar-refractivity contribution in [3.8, 4) is 17.1 Å². The second-order valence-corrected chi connectivity index (χ2v) is 8.36. The predicted molar refractivity (Wildman–Crippen MR) is 111 cm³/mol. The first-order valence-corrected chi connectivity index (χ1v) is 10.7. The van der Waals surface area contributed by atoms with Gasteiger partial charge < -0.3 is 4.74 Å².